The van der Waals surface area contributed by atoms with Crippen LogP contribution >= 0.6 is 0 Å². The van der Waals surface area contributed by atoms with Gasteiger partial charge in [-0.1, -0.05) is 35.5 Å². The smallest absolute Gasteiger partial charge is 0.332 e. The number of aryl methyl sites for hydroxylation is 2. The van der Waals surface area contributed by atoms with Crippen molar-refractivity contribution in [3.05, 3.63) is 74.9 Å². The summed E-state index contributed by atoms with van der Waals surface area (Å²) in [6.45, 7) is 1.71. The number of benzene rings is 1. The average Bonchev–Trinajstić information content (AvgIpc) is 3.32. The van der Waals surface area contributed by atoms with Gasteiger partial charge in [0.2, 0.25) is 0 Å². The predicted octanol–water partition coefficient (Wildman–Crippen LogP) is 0.958. The third-order valence-electron chi connectivity index (χ3n) is 4.69. The Morgan fingerprint density at radius 2 is 1.86 bits per heavy atom. The first-order chi connectivity index (χ1) is 13.9. The van der Waals surface area contributed by atoms with E-state index in [0.717, 1.165) is 4.57 Å². The molecule has 0 fully saturated rings. The van der Waals surface area contributed by atoms with E-state index >= 15 is 0 Å². The van der Waals surface area contributed by atoms with Gasteiger partial charge in [-0.2, -0.15) is 0 Å². The second kappa shape index (κ2) is 6.89. The number of amides is 1. The molecule has 10 heteroatoms. The Balaban J connectivity index is 1.92. The van der Waals surface area contributed by atoms with E-state index in [0.29, 0.717) is 11.3 Å². The van der Waals surface area contributed by atoms with Crippen molar-refractivity contribution >= 4 is 22.9 Å². The Morgan fingerprint density at radius 1 is 1.14 bits per heavy atom. The van der Waals surface area contributed by atoms with E-state index in [2.05, 4.69) is 15.5 Å². The topological polar surface area (TPSA) is 117 Å². The standard InChI is InChI=1S/C19H18N6O4/c1-11-9-13(22-29-11)21-17(26)14(12-7-5-4-6-8-12)25-10-20-16-15(25)18(27)24(3)19(28)23(16)2/h4-10,14H,1-3H3,(H,21,22,26)/t14-/m0/s1. The zero-order chi connectivity index (χ0) is 20.7. The van der Waals surface area contributed by atoms with E-state index in [4.69, 9.17) is 4.52 Å². The molecule has 0 spiro atoms. The van der Waals surface area contributed by atoms with Crippen LogP contribution in [0.25, 0.3) is 11.2 Å². The van der Waals surface area contributed by atoms with Gasteiger partial charge < -0.3 is 14.4 Å². The molecule has 148 valence electrons. The second-order valence-electron chi connectivity index (χ2n) is 6.66. The lowest BCUT2D eigenvalue weighted by Gasteiger charge is -2.19. The third kappa shape index (κ3) is 3.04. The fraction of sp³-hybridized carbons (Fsp3) is 0.211. The largest absolute Gasteiger partial charge is 0.360 e. The van der Waals surface area contributed by atoms with E-state index in [1.807, 2.05) is 6.07 Å². The highest BCUT2D eigenvalue weighted by molar-refractivity contribution is 5.96. The maximum absolute atomic E-state index is 13.2. The molecule has 10 nitrogen and oxygen atoms in total. The number of hydrogen-bond donors (Lipinski definition) is 1. The van der Waals surface area contributed by atoms with Crippen LogP contribution in [0.3, 0.4) is 0 Å². The van der Waals surface area contributed by atoms with E-state index in [9.17, 15) is 14.4 Å². The number of nitrogens with zero attached hydrogens (tertiary/aromatic N) is 5. The number of hydrogen-bond acceptors (Lipinski definition) is 6. The summed E-state index contributed by atoms with van der Waals surface area (Å²) in [5.74, 6) is 0.381. The summed E-state index contributed by atoms with van der Waals surface area (Å²) in [5.41, 5.74) is -0.0439. The van der Waals surface area contributed by atoms with Crippen molar-refractivity contribution in [2.24, 2.45) is 14.1 Å². The number of aromatic nitrogens is 5. The van der Waals surface area contributed by atoms with Gasteiger partial charge in [0, 0.05) is 20.2 Å². The number of rotatable bonds is 4. The van der Waals surface area contributed by atoms with E-state index in [1.54, 1.807) is 37.3 Å². The molecular formula is C19H18N6O4. The first-order valence-corrected chi connectivity index (χ1v) is 8.80. The van der Waals surface area contributed by atoms with Gasteiger partial charge in [0.05, 0.1) is 6.33 Å². The summed E-state index contributed by atoms with van der Waals surface area (Å²) >= 11 is 0. The molecule has 1 atom stereocenters. The molecule has 1 amide bonds. The lowest BCUT2D eigenvalue weighted by Crippen LogP contribution is -2.38. The highest BCUT2D eigenvalue weighted by Gasteiger charge is 2.27. The Morgan fingerprint density at radius 3 is 2.52 bits per heavy atom. The number of carbonyl (C=O) groups is 1. The molecule has 3 aromatic heterocycles. The molecule has 0 aliphatic carbocycles. The molecule has 0 aliphatic heterocycles. The van der Waals surface area contributed by atoms with Crippen LogP contribution in [0.1, 0.15) is 17.4 Å². The monoisotopic (exact) mass is 394 g/mol. The summed E-state index contributed by atoms with van der Waals surface area (Å²) in [6.07, 6.45) is 1.39. The summed E-state index contributed by atoms with van der Waals surface area (Å²) in [5, 5.41) is 6.49. The molecule has 0 saturated heterocycles. The maximum Gasteiger partial charge on any atom is 0.332 e. The molecule has 0 unspecified atom stereocenters. The number of carbonyl (C=O) groups excluding carboxylic acids is 1. The normalized spacial score (nSPS) is 12.2. The Labute approximate surface area is 164 Å². The van der Waals surface area contributed by atoms with Gasteiger partial charge in [-0.25, -0.2) is 9.78 Å². The fourth-order valence-corrected chi connectivity index (χ4v) is 3.25. The maximum atomic E-state index is 13.2. The minimum absolute atomic E-state index is 0.148. The SMILES string of the molecule is Cc1cc(NC(=O)[C@H](c2ccccc2)n2cnc3c2c(=O)n(C)c(=O)n3C)no1. The summed E-state index contributed by atoms with van der Waals surface area (Å²) in [6, 6.07) is 9.64. The first-order valence-electron chi connectivity index (χ1n) is 8.80. The molecule has 29 heavy (non-hydrogen) atoms. The molecule has 1 N–H and O–H groups in total. The van der Waals surface area contributed by atoms with Crippen molar-refractivity contribution in [3.8, 4) is 0 Å². The van der Waals surface area contributed by atoms with Gasteiger partial charge in [0.15, 0.2) is 17.0 Å². The summed E-state index contributed by atoms with van der Waals surface area (Å²) in [7, 11) is 2.91. The number of imidazole rings is 1. The quantitative estimate of drug-likeness (QED) is 0.551. The molecule has 0 radical (unpaired) electrons. The zero-order valence-corrected chi connectivity index (χ0v) is 16.0. The van der Waals surface area contributed by atoms with Gasteiger partial charge in [-0.05, 0) is 12.5 Å². The van der Waals surface area contributed by atoms with Crippen molar-refractivity contribution in [2.45, 2.75) is 13.0 Å². The highest BCUT2D eigenvalue weighted by atomic mass is 16.5. The Kier molecular flexibility index (Phi) is 4.38. The van der Waals surface area contributed by atoms with Crippen LogP contribution < -0.4 is 16.6 Å². The molecule has 0 saturated carbocycles. The molecular weight excluding hydrogens is 376 g/mol. The van der Waals surface area contributed by atoms with Crippen LogP contribution in [0, 0.1) is 6.92 Å². The minimum atomic E-state index is -0.914. The van der Waals surface area contributed by atoms with Gasteiger partial charge >= 0.3 is 5.69 Å². The molecule has 4 rings (SSSR count). The fourth-order valence-electron chi connectivity index (χ4n) is 3.25. The third-order valence-corrected chi connectivity index (χ3v) is 4.69. The van der Waals surface area contributed by atoms with Crippen LogP contribution in [0.4, 0.5) is 5.82 Å². The van der Waals surface area contributed by atoms with Crippen LogP contribution in [-0.2, 0) is 18.9 Å². The lowest BCUT2D eigenvalue weighted by atomic mass is 10.1. The van der Waals surface area contributed by atoms with Gasteiger partial charge in [0.25, 0.3) is 11.5 Å². The van der Waals surface area contributed by atoms with Crippen molar-refractivity contribution in [2.75, 3.05) is 5.32 Å². The predicted molar refractivity (Wildman–Crippen MR) is 105 cm³/mol. The van der Waals surface area contributed by atoms with Crippen molar-refractivity contribution in [1.82, 2.24) is 23.8 Å². The van der Waals surface area contributed by atoms with Gasteiger partial charge in [-0.3, -0.25) is 18.7 Å². The van der Waals surface area contributed by atoms with Crippen molar-refractivity contribution < 1.29 is 9.32 Å². The average molecular weight is 394 g/mol. The molecule has 0 bridgehead atoms. The van der Waals surface area contributed by atoms with Crippen molar-refractivity contribution in [3.63, 3.8) is 0 Å². The van der Waals surface area contributed by atoms with Crippen LogP contribution in [0.2, 0.25) is 0 Å². The highest BCUT2D eigenvalue weighted by Crippen LogP contribution is 2.23. The molecule has 0 aliphatic rings. The van der Waals surface area contributed by atoms with E-state index in [-0.39, 0.29) is 17.0 Å². The van der Waals surface area contributed by atoms with Gasteiger partial charge in [-0.15, -0.1) is 0 Å². The zero-order valence-electron chi connectivity index (χ0n) is 16.0. The molecule has 4 aromatic rings. The molecule has 1 aromatic carbocycles. The van der Waals surface area contributed by atoms with Crippen LogP contribution in [0.15, 0.2) is 56.8 Å². The second-order valence-corrected chi connectivity index (χ2v) is 6.66. The number of fused-ring (bicyclic) bond motifs is 1. The van der Waals surface area contributed by atoms with Gasteiger partial charge in [0.1, 0.15) is 11.8 Å². The summed E-state index contributed by atoms with van der Waals surface area (Å²) < 4.78 is 8.73. The first kappa shape index (κ1) is 18.4. The van der Waals surface area contributed by atoms with E-state index in [1.165, 1.54) is 29.6 Å². The number of anilines is 1. The molecule has 3 heterocycles. The number of nitrogens with one attached hydrogen (secondary N) is 1. The summed E-state index contributed by atoms with van der Waals surface area (Å²) in [4.78, 5) is 42.5. The minimum Gasteiger partial charge on any atom is -0.360 e. The Hall–Kier alpha value is -3.95. The van der Waals surface area contributed by atoms with Crippen molar-refractivity contribution in [1.29, 1.82) is 0 Å². The Bertz CT molecular complexity index is 1330. The van der Waals surface area contributed by atoms with E-state index < -0.39 is 23.2 Å². The van der Waals surface area contributed by atoms with Crippen LogP contribution in [-0.4, -0.2) is 29.7 Å². The lowest BCUT2D eigenvalue weighted by molar-refractivity contribution is -0.118. The van der Waals surface area contributed by atoms with Crippen LogP contribution in [0.5, 0.6) is 0 Å².